The minimum absolute atomic E-state index is 0.00581. The van der Waals surface area contributed by atoms with Gasteiger partial charge in [0.15, 0.2) is 0 Å². The van der Waals surface area contributed by atoms with Crippen LogP contribution in [-0.2, 0) is 49.8 Å². The number of nitrogens with two attached hydrogens (primary N) is 2. The molecular formula is C52H66N8O7. The molecule has 4 aromatic carbocycles. The summed E-state index contributed by atoms with van der Waals surface area (Å²) in [7, 11) is 1.58. The minimum atomic E-state index is -0.848. The number of nitrogens with one attached hydrogen (secondary N) is 4. The Bertz CT molecular complexity index is 2480. The van der Waals surface area contributed by atoms with Crippen LogP contribution >= 0.6 is 0 Å². The van der Waals surface area contributed by atoms with Gasteiger partial charge >= 0.3 is 0 Å². The number of hydrogen-bond acceptors (Lipinski definition) is 9. The molecule has 2 heterocycles. The van der Waals surface area contributed by atoms with Crippen LogP contribution in [0, 0.1) is 10.8 Å². The van der Waals surface area contributed by atoms with Crippen molar-refractivity contribution in [2.75, 3.05) is 24.4 Å². The quantitative estimate of drug-likeness (QED) is 0.0944. The first-order valence-electron chi connectivity index (χ1n) is 22.8. The molecule has 0 saturated heterocycles. The highest BCUT2D eigenvalue weighted by Crippen LogP contribution is 2.32. The van der Waals surface area contributed by atoms with E-state index in [1.54, 1.807) is 54.5 Å². The Balaban J connectivity index is 1.16. The molecule has 0 radical (unpaired) electrons. The van der Waals surface area contributed by atoms with Gasteiger partial charge < -0.3 is 47.3 Å². The Morgan fingerprint density at radius 1 is 0.672 bits per heavy atom. The van der Waals surface area contributed by atoms with Gasteiger partial charge in [0, 0.05) is 61.6 Å². The molecule has 5 atom stereocenters. The number of benzene rings is 4. The number of hydrogen-bond donors (Lipinski definition) is 6. The van der Waals surface area contributed by atoms with Crippen LogP contribution in [0.2, 0.25) is 0 Å². The predicted octanol–water partition coefficient (Wildman–Crippen LogP) is 5.47. The van der Waals surface area contributed by atoms with Gasteiger partial charge in [0.1, 0.15) is 12.1 Å². The van der Waals surface area contributed by atoms with E-state index in [0.717, 1.165) is 27.8 Å². The van der Waals surface area contributed by atoms with Gasteiger partial charge in [0.2, 0.25) is 23.6 Å². The summed E-state index contributed by atoms with van der Waals surface area (Å²) in [6.45, 7) is 16.0. The number of fused-ring (bicyclic) bond motifs is 2. The summed E-state index contributed by atoms with van der Waals surface area (Å²) in [6, 6.07) is 23.1. The number of rotatable bonds is 14. The number of carbonyl (C=O) groups is 6. The molecule has 0 fully saturated rings. The van der Waals surface area contributed by atoms with Crippen molar-refractivity contribution in [2.45, 2.75) is 118 Å². The van der Waals surface area contributed by atoms with Crippen molar-refractivity contribution in [3.8, 4) is 0 Å². The largest absolute Gasteiger partial charge is 0.382 e. The van der Waals surface area contributed by atoms with Crippen LogP contribution in [0.3, 0.4) is 0 Å². The second-order valence-corrected chi connectivity index (χ2v) is 20.1. The third-order valence-corrected chi connectivity index (χ3v) is 12.5. The summed E-state index contributed by atoms with van der Waals surface area (Å²) >= 11 is 0. The fourth-order valence-corrected chi connectivity index (χ4v) is 8.54. The molecule has 15 nitrogen and oxygen atoms in total. The third-order valence-electron chi connectivity index (χ3n) is 12.5. The second kappa shape index (κ2) is 20.6. The molecule has 67 heavy (non-hydrogen) atoms. The van der Waals surface area contributed by atoms with E-state index in [0.29, 0.717) is 22.5 Å². The maximum atomic E-state index is 14.6. The van der Waals surface area contributed by atoms with Crippen molar-refractivity contribution in [3.63, 3.8) is 0 Å². The van der Waals surface area contributed by atoms with Gasteiger partial charge in [-0.1, -0.05) is 97.9 Å². The van der Waals surface area contributed by atoms with E-state index in [2.05, 4.69) is 21.3 Å². The SMILES string of the molecule is COCC(NC(=O)[C@@H]1Cc2ccc(NC(=O)c3ccc(C(=O)Nc4ccc5c(c4)CN(C(=O)[C@@H](N)C(C)(C)C)[C@H](C(N)=O)C5)cc3)cc2CN1C(=O)C(NC(C)C)C(C)(C)C)c1ccccc1. The average molecular weight is 915 g/mol. The van der Waals surface area contributed by atoms with Crippen LogP contribution in [0.1, 0.15) is 110 Å². The highest BCUT2D eigenvalue weighted by molar-refractivity contribution is 6.07. The van der Waals surface area contributed by atoms with Crippen LogP contribution < -0.4 is 32.7 Å². The van der Waals surface area contributed by atoms with E-state index < -0.39 is 58.8 Å². The van der Waals surface area contributed by atoms with E-state index >= 15 is 0 Å². The fourth-order valence-electron chi connectivity index (χ4n) is 8.54. The Morgan fingerprint density at radius 2 is 1.16 bits per heavy atom. The average Bonchev–Trinajstić information content (AvgIpc) is 3.28. The summed E-state index contributed by atoms with van der Waals surface area (Å²) in [5, 5.41) is 12.4. The molecular weight excluding hydrogens is 849 g/mol. The lowest BCUT2D eigenvalue weighted by Gasteiger charge is -2.42. The maximum Gasteiger partial charge on any atom is 0.255 e. The zero-order valence-electron chi connectivity index (χ0n) is 40.1. The predicted molar refractivity (Wildman–Crippen MR) is 259 cm³/mol. The highest BCUT2D eigenvalue weighted by atomic mass is 16.5. The van der Waals surface area contributed by atoms with Crippen molar-refractivity contribution in [2.24, 2.45) is 22.3 Å². The van der Waals surface area contributed by atoms with Crippen molar-refractivity contribution in [1.82, 2.24) is 20.4 Å². The molecule has 356 valence electrons. The van der Waals surface area contributed by atoms with Crippen molar-refractivity contribution >= 4 is 46.8 Å². The van der Waals surface area contributed by atoms with Gasteiger partial charge in [0.05, 0.1) is 24.7 Å². The molecule has 8 N–H and O–H groups in total. The summed E-state index contributed by atoms with van der Waals surface area (Å²) < 4.78 is 5.48. The van der Waals surface area contributed by atoms with Crippen LogP contribution in [0.15, 0.2) is 91.0 Å². The summed E-state index contributed by atoms with van der Waals surface area (Å²) in [6.07, 6.45) is 0.497. The molecule has 2 unspecified atom stereocenters. The highest BCUT2D eigenvalue weighted by Gasteiger charge is 2.43. The molecule has 6 rings (SSSR count). The van der Waals surface area contributed by atoms with Crippen LogP contribution in [0.5, 0.6) is 0 Å². The molecule has 0 spiro atoms. The van der Waals surface area contributed by atoms with Crippen molar-refractivity contribution in [1.29, 1.82) is 0 Å². The van der Waals surface area contributed by atoms with Crippen LogP contribution in [0.25, 0.3) is 0 Å². The van der Waals surface area contributed by atoms with Crippen LogP contribution in [0.4, 0.5) is 11.4 Å². The molecule has 2 aliphatic rings. The smallest absolute Gasteiger partial charge is 0.255 e. The Kier molecular flexibility index (Phi) is 15.4. The zero-order valence-corrected chi connectivity index (χ0v) is 40.1. The van der Waals surface area contributed by atoms with E-state index in [9.17, 15) is 28.8 Å². The Labute approximate surface area is 393 Å². The normalized spacial score (nSPS) is 17.4. The first-order valence-corrected chi connectivity index (χ1v) is 22.8. The summed E-state index contributed by atoms with van der Waals surface area (Å²) in [5.74, 6) is -2.29. The fraction of sp³-hybridized carbons (Fsp3) is 0.423. The van der Waals surface area contributed by atoms with Gasteiger partial charge in [-0.3, -0.25) is 28.8 Å². The van der Waals surface area contributed by atoms with E-state index in [1.165, 1.54) is 4.90 Å². The van der Waals surface area contributed by atoms with Crippen molar-refractivity contribution in [3.05, 3.63) is 130 Å². The van der Waals surface area contributed by atoms with Gasteiger partial charge in [-0.05, 0) is 87.2 Å². The number of primary amides is 1. The van der Waals surface area contributed by atoms with Crippen LogP contribution in [-0.4, -0.2) is 89.2 Å². The van der Waals surface area contributed by atoms with Gasteiger partial charge in [-0.15, -0.1) is 0 Å². The standard InChI is InChI=1S/C52H66N8O7/c1-30(2)55-44(52(6,7)8)50(66)60-28-37-24-39(22-20-35(37)26-42(60)48(64)58-40(29-67-9)31-13-11-10-12-14-31)57-47(63)33-17-15-32(16-18-33)46(62)56-38-21-19-34-25-41(45(54)61)59(27-36(34)23-38)49(65)43(53)51(3,4)5/h10-24,30,40-44,55H,25-29,53H2,1-9H3,(H2,54,61)(H,56,62)(H,57,63)(H,58,64)/t40?,41-,42-,43+,44?/m0/s1. The lowest BCUT2D eigenvalue weighted by atomic mass is 9.83. The topological polar surface area (TPSA) is 218 Å². The lowest BCUT2D eigenvalue weighted by Crippen LogP contribution is -2.61. The molecule has 0 saturated carbocycles. The lowest BCUT2D eigenvalue weighted by molar-refractivity contribution is -0.146. The second-order valence-electron chi connectivity index (χ2n) is 20.1. The number of anilines is 2. The molecule has 2 aliphatic heterocycles. The van der Waals surface area contributed by atoms with Gasteiger partial charge in [0.25, 0.3) is 11.8 Å². The summed E-state index contributed by atoms with van der Waals surface area (Å²) in [5.41, 5.74) is 16.8. The van der Waals surface area contributed by atoms with Crippen molar-refractivity contribution < 1.29 is 33.5 Å². The van der Waals surface area contributed by atoms with E-state index in [4.69, 9.17) is 16.2 Å². The molecule has 0 bridgehead atoms. The summed E-state index contributed by atoms with van der Waals surface area (Å²) in [4.78, 5) is 84.8. The van der Waals surface area contributed by atoms with Gasteiger partial charge in [-0.2, -0.15) is 0 Å². The number of nitrogens with zero attached hydrogens (tertiary/aromatic N) is 2. The first-order chi connectivity index (χ1) is 31.5. The third kappa shape index (κ3) is 11.9. The molecule has 15 heteroatoms. The van der Waals surface area contributed by atoms with Gasteiger partial charge in [-0.25, -0.2) is 0 Å². The maximum absolute atomic E-state index is 14.6. The number of ether oxygens (including phenoxy) is 1. The Hall–Kier alpha value is -6.42. The van der Waals surface area contributed by atoms with E-state index in [1.807, 2.05) is 104 Å². The molecule has 0 aromatic heterocycles. The first kappa shape index (κ1) is 50.0. The zero-order chi connectivity index (χ0) is 49.0. The minimum Gasteiger partial charge on any atom is -0.382 e. The molecule has 0 aliphatic carbocycles. The molecule has 6 amide bonds. The number of methoxy groups -OCH3 is 1. The number of carbonyl (C=O) groups excluding carboxylic acids is 6. The number of amides is 6. The molecule has 4 aromatic rings. The monoisotopic (exact) mass is 915 g/mol. The Morgan fingerprint density at radius 3 is 1.61 bits per heavy atom. The van der Waals surface area contributed by atoms with E-state index in [-0.39, 0.29) is 56.3 Å².